The first-order valence-electron chi connectivity index (χ1n) is 7.26. The highest BCUT2D eigenvalue weighted by molar-refractivity contribution is 6.30. The lowest BCUT2D eigenvalue weighted by Gasteiger charge is -2.33. The molecule has 0 aromatic heterocycles. The first-order valence-corrected chi connectivity index (χ1v) is 7.64. The Labute approximate surface area is 135 Å². The van der Waals surface area contributed by atoms with Gasteiger partial charge in [-0.25, -0.2) is 0 Å². The molecule has 2 N–H and O–H groups in total. The van der Waals surface area contributed by atoms with Gasteiger partial charge in [0.2, 0.25) is 0 Å². The van der Waals surface area contributed by atoms with E-state index in [1.165, 1.54) is 12.0 Å². The summed E-state index contributed by atoms with van der Waals surface area (Å²) in [4.78, 5) is 26.2. The van der Waals surface area contributed by atoms with Gasteiger partial charge in [-0.05, 0) is 18.2 Å². The van der Waals surface area contributed by atoms with Crippen molar-refractivity contribution in [3.05, 3.63) is 29.3 Å². The number of hydrogen-bond acceptors (Lipinski definition) is 4. The van der Waals surface area contributed by atoms with Crippen LogP contribution < -0.4 is 15.1 Å². The SMILES string of the molecule is COC(=O)CNC(=O)C[NH+]1CCN(c2cccc(Cl)c2)CC1. The van der Waals surface area contributed by atoms with Crippen molar-refractivity contribution in [1.82, 2.24) is 5.32 Å². The number of nitrogens with zero attached hydrogens (tertiary/aromatic N) is 1. The molecule has 0 saturated carbocycles. The summed E-state index contributed by atoms with van der Waals surface area (Å²) < 4.78 is 4.49. The van der Waals surface area contributed by atoms with Gasteiger partial charge < -0.3 is 19.9 Å². The summed E-state index contributed by atoms with van der Waals surface area (Å²) in [6.45, 7) is 3.80. The summed E-state index contributed by atoms with van der Waals surface area (Å²) in [6.07, 6.45) is 0. The number of ether oxygens (including phenoxy) is 1. The van der Waals surface area contributed by atoms with Crippen LogP contribution in [0.5, 0.6) is 0 Å². The van der Waals surface area contributed by atoms with E-state index in [4.69, 9.17) is 11.6 Å². The quantitative estimate of drug-likeness (QED) is 0.705. The number of rotatable bonds is 5. The van der Waals surface area contributed by atoms with Crippen molar-refractivity contribution in [3.8, 4) is 0 Å². The smallest absolute Gasteiger partial charge is 0.325 e. The molecule has 120 valence electrons. The molecule has 1 amide bonds. The van der Waals surface area contributed by atoms with Crippen molar-refractivity contribution in [2.45, 2.75) is 0 Å². The molecule has 1 saturated heterocycles. The molecule has 0 bridgehead atoms. The average molecular weight is 327 g/mol. The Morgan fingerprint density at radius 3 is 2.73 bits per heavy atom. The highest BCUT2D eigenvalue weighted by atomic mass is 35.5. The number of methoxy groups -OCH3 is 1. The molecule has 0 aliphatic carbocycles. The van der Waals surface area contributed by atoms with Gasteiger partial charge in [0, 0.05) is 10.7 Å². The van der Waals surface area contributed by atoms with Gasteiger partial charge in [-0.1, -0.05) is 17.7 Å². The van der Waals surface area contributed by atoms with Crippen LogP contribution in [0.2, 0.25) is 5.02 Å². The molecule has 2 rings (SSSR count). The molecule has 1 fully saturated rings. The lowest BCUT2D eigenvalue weighted by molar-refractivity contribution is -0.892. The lowest BCUT2D eigenvalue weighted by Crippen LogP contribution is -3.16. The number of esters is 1. The Morgan fingerprint density at radius 1 is 1.36 bits per heavy atom. The van der Waals surface area contributed by atoms with E-state index in [2.05, 4.69) is 15.0 Å². The first-order chi connectivity index (χ1) is 10.6. The Bertz CT molecular complexity index is 531. The van der Waals surface area contributed by atoms with Crippen molar-refractivity contribution in [2.75, 3.05) is 51.3 Å². The molecular formula is C15H21ClN3O3+. The van der Waals surface area contributed by atoms with Crippen molar-refractivity contribution in [1.29, 1.82) is 0 Å². The number of carbonyl (C=O) groups is 2. The van der Waals surface area contributed by atoms with Gasteiger partial charge in [-0.15, -0.1) is 0 Å². The fourth-order valence-corrected chi connectivity index (χ4v) is 2.65. The zero-order valence-corrected chi connectivity index (χ0v) is 13.4. The maximum absolute atomic E-state index is 11.8. The van der Waals surface area contributed by atoms with Crippen LogP contribution in [0.15, 0.2) is 24.3 Å². The summed E-state index contributed by atoms with van der Waals surface area (Å²) in [5, 5.41) is 3.30. The highest BCUT2D eigenvalue weighted by Gasteiger charge is 2.22. The van der Waals surface area contributed by atoms with Crippen LogP contribution in [0.1, 0.15) is 0 Å². The maximum atomic E-state index is 11.8. The van der Waals surface area contributed by atoms with Crippen LogP contribution in [0.4, 0.5) is 5.69 Å². The molecule has 0 atom stereocenters. The second kappa shape index (κ2) is 8.00. The molecule has 0 radical (unpaired) electrons. The Kier molecular flexibility index (Phi) is 6.03. The van der Waals surface area contributed by atoms with Gasteiger partial charge in [0.25, 0.3) is 5.91 Å². The minimum Gasteiger partial charge on any atom is -0.468 e. The predicted molar refractivity (Wildman–Crippen MR) is 84.3 cm³/mol. The number of anilines is 1. The Balaban J connectivity index is 1.75. The van der Waals surface area contributed by atoms with E-state index >= 15 is 0 Å². The van der Waals surface area contributed by atoms with Crippen molar-refractivity contribution in [3.63, 3.8) is 0 Å². The van der Waals surface area contributed by atoms with Crippen LogP contribution in [0, 0.1) is 0 Å². The minimum atomic E-state index is -0.436. The Hall–Kier alpha value is -1.79. The molecule has 22 heavy (non-hydrogen) atoms. The number of nitrogens with one attached hydrogen (secondary N) is 2. The van der Waals surface area contributed by atoms with E-state index < -0.39 is 5.97 Å². The highest BCUT2D eigenvalue weighted by Crippen LogP contribution is 2.19. The number of hydrogen-bond donors (Lipinski definition) is 2. The lowest BCUT2D eigenvalue weighted by atomic mass is 10.2. The largest absolute Gasteiger partial charge is 0.468 e. The molecule has 7 heteroatoms. The fourth-order valence-electron chi connectivity index (χ4n) is 2.46. The van der Waals surface area contributed by atoms with E-state index in [0.717, 1.165) is 36.9 Å². The molecule has 0 unspecified atom stereocenters. The molecule has 1 aliphatic rings. The number of halogens is 1. The summed E-state index contributed by atoms with van der Waals surface area (Å²) in [6, 6.07) is 7.80. The van der Waals surface area contributed by atoms with Crippen LogP contribution in [0.3, 0.4) is 0 Å². The van der Waals surface area contributed by atoms with E-state index in [1.54, 1.807) is 0 Å². The van der Waals surface area contributed by atoms with E-state index in [-0.39, 0.29) is 12.5 Å². The summed E-state index contributed by atoms with van der Waals surface area (Å²) in [5.41, 5.74) is 1.11. The second-order valence-corrected chi connectivity index (χ2v) is 5.68. The standard InChI is InChI=1S/C15H20ClN3O3/c1-22-15(21)10-17-14(20)11-18-5-7-19(8-6-18)13-4-2-3-12(16)9-13/h2-4,9H,5-8,10-11H2,1H3,(H,17,20)/p+1. The molecule has 1 aliphatic heterocycles. The monoisotopic (exact) mass is 326 g/mol. The molecule has 0 spiro atoms. The van der Waals surface area contributed by atoms with Gasteiger partial charge >= 0.3 is 5.97 Å². The normalized spacial score (nSPS) is 15.5. The average Bonchev–Trinajstić information content (AvgIpc) is 2.53. The third kappa shape index (κ3) is 4.89. The van der Waals surface area contributed by atoms with Gasteiger partial charge in [0.05, 0.1) is 33.3 Å². The molecular weight excluding hydrogens is 306 g/mol. The van der Waals surface area contributed by atoms with Crippen LogP contribution >= 0.6 is 11.6 Å². The molecule has 1 heterocycles. The minimum absolute atomic E-state index is 0.0722. The molecule has 6 nitrogen and oxygen atoms in total. The van der Waals surface area contributed by atoms with Gasteiger partial charge in [-0.3, -0.25) is 9.59 Å². The first kappa shape index (κ1) is 16.6. The Morgan fingerprint density at radius 2 is 2.09 bits per heavy atom. The number of carbonyl (C=O) groups excluding carboxylic acids is 2. The van der Waals surface area contributed by atoms with E-state index in [9.17, 15) is 9.59 Å². The number of amides is 1. The molecule has 1 aromatic rings. The third-order valence-electron chi connectivity index (χ3n) is 3.71. The zero-order chi connectivity index (χ0) is 15.9. The van der Waals surface area contributed by atoms with Gasteiger partial charge in [0.1, 0.15) is 6.54 Å². The number of quaternary nitrogens is 1. The zero-order valence-electron chi connectivity index (χ0n) is 12.6. The van der Waals surface area contributed by atoms with Gasteiger partial charge in [0.15, 0.2) is 6.54 Å². The molecule has 1 aromatic carbocycles. The summed E-state index contributed by atoms with van der Waals surface area (Å²) >= 11 is 6.01. The van der Waals surface area contributed by atoms with Crippen LogP contribution in [-0.4, -0.2) is 58.3 Å². The third-order valence-corrected chi connectivity index (χ3v) is 3.95. The van der Waals surface area contributed by atoms with Crippen molar-refractivity contribution in [2.24, 2.45) is 0 Å². The topological polar surface area (TPSA) is 63.1 Å². The van der Waals surface area contributed by atoms with Crippen LogP contribution in [-0.2, 0) is 14.3 Å². The second-order valence-electron chi connectivity index (χ2n) is 5.25. The summed E-state index contributed by atoms with van der Waals surface area (Å²) in [7, 11) is 1.30. The van der Waals surface area contributed by atoms with Crippen molar-refractivity contribution < 1.29 is 19.2 Å². The van der Waals surface area contributed by atoms with Crippen LogP contribution in [0.25, 0.3) is 0 Å². The van der Waals surface area contributed by atoms with Gasteiger partial charge in [-0.2, -0.15) is 0 Å². The maximum Gasteiger partial charge on any atom is 0.325 e. The van der Waals surface area contributed by atoms with Crippen molar-refractivity contribution >= 4 is 29.2 Å². The summed E-state index contributed by atoms with van der Waals surface area (Å²) in [5.74, 6) is -0.564. The fraction of sp³-hybridized carbons (Fsp3) is 0.467. The number of piperazine rings is 1. The number of benzene rings is 1. The van der Waals surface area contributed by atoms with E-state index in [0.29, 0.717) is 6.54 Å². The van der Waals surface area contributed by atoms with E-state index in [1.807, 2.05) is 24.3 Å². The predicted octanol–water partition coefficient (Wildman–Crippen LogP) is -0.666.